The fourth-order valence-corrected chi connectivity index (χ4v) is 1.32. The first-order valence-electron chi connectivity index (χ1n) is 2.93. The molecule has 0 aliphatic rings. The van der Waals surface area contributed by atoms with E-state index in [1.54, 1.807) is 0 Å². The fourth-order valence-electron chi connectivity index (χ4n) is 0.723. The molecular weight excluding hydrogens is 167 g/mol. The van der Waals surface area contributed by atoms with Gasteiger partial charge < -0.3 is 5.11 Å². The number of rotatable bonds is 1. The Hall–Kier alpha value is -0.900. The summed E-state index contributed by atoms with van der Waals surface area (Å²) in [5.41, 5.74) is 0. The lowest BCUT2D eigenvalue weighted by molar-refractivity contribution is 0.466. The van der Waals surface area contributed by atoms with Crippen LogP contribution in [0.5, 0.6) is 5.75 Å². The number of hydrogen-bond donors (Lipinski definition) is 1. The molecule has 0 fully saturated rings. The van der Waals surface area contributed by atoms with Crippen molar-refractivity contribution in [2.75, 3.05) is 6.26 Å². The summed E-state index contributed by atoms with van der Waals surface area (Å²) in [7, 11) is -1.33. The quantitative estimate of drug-likeness (QED) is 0.696. The van der Waals surface area contributed by atoms with Crippen LogP contribution in [0.4, 0.5) is 4.39 Å². The van der Waals surface area contributed by atoms with E-state index in [0.29, 0.717) is 0 Å². The lowest BCUT2D eigenvalue weighted by atomic mass is 10.3. The summed E-state index contributed by atoms with van der Waals surface area (Å²) < 4.78 is 23.5. The average molecular weight is 174 g/mol. The third-order valence-corrected chi connectivity index (χ3v) is 2.18. The minimum absolute atomic E-state index is 0.114. The monoisotopic (exact) mass is 174 g/mol. The molecule has 0 aliphatic heterocycles. The first-order chi connectivity index (χ1) is 5.11. The maximum Gasteiger partial charge on any atom is 0.142 e. The van der Waals surface area contributed by atoms with Crippen LogP contribution in [-0.2, 0) is 10.8 Å². The van der Waals surface area contributed by atoms with Gasteiger partial charge in [0.15, 0.2) is 0 Å². The molecule has 1 aromatic carbocycles. The van der Waals surface area contributed by atoms with Crippen LogP contribution >= 0.6 is 0 Å². The van der Waals surface area contributed by atoms with Gasteiger partial charge >= 0.3 is 0 Å². The number of halogens is 1. The van der Waals surface area contributed by atoms with Crippen molar-refractivity contribution in [3.63, 3.8) is 0 Å². The van der Waals surface area contributed by atoms with Gasteiger partial charge in [-0.2, -0.15) is 0 Å². The summed E-state index contributed by atoms with van der Waals surface area (Å²) in [4.78, 5) is 0.114. The maximum absolute atomic E-state index is 12.7. The molecule has 0 aliphatic carbocycles. The summed E-state index contributed by atoms with van der Waals surface area (Å²) in [5, 5.41) is 8.78. The molecule has 0 saturated heterocycles. The molecule has 11 heavy (non-hydrogen) atoms. The largest absolute Gasteiger partial charge is 0.508 e. The summed E-state index contributed by atoms with van der Waals surface area (Å²) in [6, 6.07) is 3.55. The first kappa shape index (κ1) is 8.20. The summed E-state index contributed by atoms with van der Waals surface area (Å²) >= 11 is 0. The van der Waals surface area contributed by atoms with E-state index in [1.165, 1.54) is 18.4 Å². The van der Waals surface area contributed by atoms with Crippen LogP contribution in [0.2, 0.25) is 0 Å². The third-order valence-electron chi connectivity index (χ3n) is 1.23. The minimum atomic E-state index is -1.33. The zero-order valence-corrected chi connectivity index (χ0v) is 6.69. The van der Waals surface area contributed by atoms with Gasteiger partial charge in [-0.15, -0.1) is 0 Å². The van der Waals surface area contributed by atoms with Crippen molar-refractivity contribution in [3.05, 3.63) is 24.0 Å². The predicted molar refractivity (Wildman–Crippen MR) is 40.4 cm³/mol. The van der Waals surface area contributed by atoms with Crippen LogP contribution in [0.1, 0.15) is 0 Å². The molecule has 60 valence electrons. The smallest absolute Gasteiger partial charge is 0.142 e. The van der Waals surface area contributed by atoms with Crippen molar-refractivity contribution >= 4 is 10.8 Å². The molecule has 0 heterocycles. The summed E-state index contributed by atoms with van der Waals surface area (Å²) in [6.45, 7) is 0. The van der Waals surface area contributed by atoms with Gasteiger partial charge in [-0.25, -0.2) is 4.39 Å². The molecule has 1 N–H and O–H groups in total. The molecule has 0 radical (unpaired) electrons. The molecule has 4 heteroatoms. The second kappa shape index (κ2) is 3.00. The highest BCUT2D eigenvalue weighted by Crippen LogP contribution is 2.16. The van der Waals surface area contributed by atoms with Gasteiger partial charge in [0.1, 0.15) is 11.6 Å². The lowest BCUT2D eigenvalue weighted by Crippen LogP contribution is -1.91. The van der Waals surface area contributed by atoms with Crippen LogP contribution in [-0.4, -0.2) is 15.6 Å². The van der Waals surface area contributed by atoms with Gasteiger partial charge in [-0.1, -0.05) is 0 Å². The summed E-state index contributed by atoms with van der Waals surface area (Å²) in [6.07, 6.45) is 1.38. The number of benzene rings is 1. The van der Waals surface area contributed by atoms with Gasteiger partial charge in [0.2, 0.25) is 0 Å². The molecule has 1 aromatic rings. The highest BCUT2D eigenvalue weighted by Gasteiger charge is 2.05. The first-order valence-corrected chi connectivity index (χ1v) is 4.49. The Labute approximate surface area is 66.1 Å². The zero-order valence-electron chi connectivity index (χ0n) is 5.87. The molecule has 1 rings (SSSR count). The highest BCUT2D eigenvalue weighted by atomic mass is 32.2. The van der Waals surface area contributed by atoms with Gasteiger partial charge in [-0.3, -0.25) is 4.21 Å². The van der Waals surface area contributed by atoms with Gasteiger partial charge in [0, 0.05) is 12.3 Å². The van der Waals surface area contributed by atoms with E-state index in [4.69, 9.17) is 5.11 Å². The molecule has 0 unspecified atom stereocenters. The Kier molecular flexibility index (Phi) is 2.24. The molecule has 2 nitrogen and oxygen atoms in total. The molecule has 1 atom stereocenters. The zero-order chi connectivity index (χ0) is 8.43. The fraction of sp³-hybridized carbons (Fsp3) is 0.143. The molecule has 0 bridgehead atoms. The van der Waals surface area contributed by atoms with Gasteiger partial charge in [0.05, 0.1) is 15.7 Å². The molecule has 0 saturated carbocycles. The number of phenols is 1. The average Bonchev–Trinajstić information content (AvgIpc) is 1.85. The molecule has 0 spiro atoms. The predicted octanol–water partition coefficient (Wildman–Crippen LogP) is 1.27. The minimum Gasteiger partial charge on any atom is -0.508 e. The number of phenolic OH excluding ortho intramolecular Hbond substituents is 1. The van der Waals surface area contributed by atoms with Crippen LogP contribution < -0.4 is 0 Å². The van der Waals surface area contributed by atoms with E-state index in [-0.39, 0.29) is 10.6 Å². The highest BCUT2D eigenvalue weighted by molar-refractivity contribution is 7.84. The van der Waals surface area contributed by atoms with Crippen LogP contribution in [0, 0.1) is 5.82 Å². The standard InChI is InChI=1S/C7H7FO2S/c1-11(10)7-3-2-5(9)4-6(7)8/h2-4,9H,1H3/t11-/m0/s1. The Morgan fingerprint density at radius 2 is 2.18 bits per heavy atom. The Morgan fingerprint density at radius 3 is 2.64 bits per heavy atom. The second-order valence-corrected chi connectivity index (χ2v) is 3.42. The number of aromatic hydroxyl groups is 1. The second-order valence-electron chi connectivity index (χ2n) is 2.07. The lowest BCUT2D eigenvalue weighted by Gasteiger charge is -1.97. The third kappa shape index (κ3) is 1.77. The van der Waals surface area contributed by atoms with Crippen molar-refractivity contribution in [2.24, 2.45) is 0 Å². The molecule has 0 aromatic heterocycles. The van der Waals surface area contributed by atoms with Crippen molar-refractivity contribution in [2.45, 2.75) is 4.90 Å². The van der Waals surface area contributed by atoms with E-state index in [0.717, 1.165) is 6.07 Å². The van der Waals surface area contributed by atoms with E-state index >= 15 is 0 Å². The molecular formula is C7H7FO2S. The van der Waals surface area contributed by atoms with Crippen molar-refractivity contribution in [3.8, 4) is 5.75 Å². The van der Waals surface area contributed by atoms with Crippen LogP contribution in [0.15, 0.2) is 23.1 Å². The Balaban J connectivity index is 3.20. The summed E-state index contributed by atoms with van der Waals surface area (Å²) in [5.74, 6) is -0.789. The molecule has 0 amide bonds. The maximum atomic E-state index is 12.7. The topological polar surface area (TPSA) is 37.3 Å². The van der Waals surface area contributed by atoms with E-state index < -0.39 is 16.6 Å². The van der Waals surface area contributed by atoms with Crippen molar-refractivity contribution in [1.82, 2.24) is 0 Å². The van der Waals surface area contributed by atoms with Crippen LogP contribution in [0.25, 0.3) is 0 Å². The van der Waals surface area contributed by atoms with E-state index in [9.17, 15) is 8.60 Å². The van der Waals surface area contributed by atoms with E-state index in [1.807, 2.05) is 0 Å². The normalized spacial score (nSPS) is 12.9. The van der Waals surface area contributed by atoms with Crippen LogP contribution in [0.3, 0.4) is 0 Å². The van der Waals surface area contributed by atoms with Crippen molar-refractivity contribution < 1.29 is 13.7 Å². The Morgan fingerprint density at radius 1 is 1.55 bits per heavy atom. The number of hydrogen-bond acceptors (Lipinski definition) is 2. The Bertz CT molecular complexity index is 298. The van der Waals surface area contributed by atoms with Gasteiger partial charge in [0.25, 0.3) is 0 Å². The van der Waals surface area contributed by atoms with Gasteiger partial charge in [-0.05, 0) is 12.1 Å². The van der Waals surface area contributed by atoms with Crippen molar-refractivity contribution in [1.29, 1.82) is 0 Å². The SMILES string of the molecule is C[S@](=O)c1ccc(O)cc1F. The van der Waals surface area contributed by atoms with E-state index in [2.05, 4.69) is 0 Å².